The van der Waals surface area contributed by atoms with Gasteiger partial charge in [-0.2, -0.15) is 0 Å². The minimum Gasteiger partial charge on any atom is -0.464 e. The second-order valence-corrected chi connectivity index (χ2v) is 5.56. The average Bonchev–Trinajstić information content (AvgIpc) is 3.10. The van der Waals surface area contributed by atoms with Crippen LogP contribution in [0.1, 0.15) is 6.92 Å². The third-order valence-corrected chi connectivity index (χ3v) is 3.76. The predicted molar refractivity (Wildman–Crippen MR) is 86.2 cm³/mol. The van der Waals surface area contributed by atoms with Gasteiger partial charge in [-0.15, -0.1) is 0 Å². The minimum atomic E-state index is -0.0764. The number of rotatable bonds is 1. The molecular weight excluding hydrogens is 290 g/mol. The van der Waals surface area contributed by atoms with Crippen LogP contribution in [0, 0.1) is 0 Å². The maximum absolute atomic E-state index is 10.7. The lowest BCUT2D eigenvalue weighted by molar-refractivity contribution is -0.115. The number of thiocarbonyl (C=S) groups is 1. The summed E-state index contributed by atoms with van der Waals surface area (Å²) < 4.78 is 5.77. The van der Waals surface area contributed by atoms with E-state index in [1.165, 1.54) is 11.8 Å². The standard InChI is InChI=1S/C10H8O.C5H5NOS2/c1-2-5-9(6-3-1)10-7-4-8-11-10;1-2-3-4(7)6-5(8)9-3/h1-8H;2H,1H3,(H,6,7,8)/b;3-2-. The molecule has 1 aliphatic rings. The number of benzene rings is 1. The van der Waals surface area contributed by atoms with E-state index < -0.39 is 0 Å². The third-order valence-electron chi connectivity index (χ3n) is 2.48. The largest absolute Gasteiger partial charge is 0.464 e. The molecule has 0 saturated carbocycles. The van der Waals surface area contributed by atoms with E-state index in [9.17, 15) is 4.79 Å². The molecule has 1 aliphatic heterocycles. The number of allylic oxidation sites excluding steroid dienone is 1. The first-order valence-electron chi connectivity index (χ1n) is 5.99. The first-order valence-corrected chi connectivity index (χ1v) is 7.21. The Morgan fingerprint density at radius 3 is 2.40 bits per heavy atom. The number of nitrogens with one attached hydrogen (secondary N) is 1. The van der Waals surface area contributed by atoms with Crippen LogP contribution in [0.3, 0.4) is 0 Å². The molecule has 2 heterocycles. The van der Waals surface area contributed by atoms with E-state index in [1.54, 1.807) is 12.3 Å². The maximum atomic E-state index is 10.7. The molecular formula is C15H13NO2S2. The highest BCUT2D eigenvalue weighted by Crippen LogP contribution is 2.22. The van der Waals surface area contributed by atoms with Crippen LogP contribution in [0.5, 0.6) is 0 Å². The number of amides is 1. The first kappa shape index (κ1) is 14.6. The van der Waals surface area contributed by atoms with Gasteiger partial charge in [-0.25, -0.2) is 0 Å². The van der Waals surface area contributed by atoms with Gasteiger partial charge in [-0.05, 0) is 19.1 Å². The Kier molecular flexibility index (Phi) is 5.15. The van der Waals surface area contributed by atoms with E-state index in [1.807, 2.05) is 49.4 Å². The molecule has 1 aromatic heterocycles. The molecule has 5 heteroatoms. The number of thioether (sulfide) groups is 1. The smallest absolute Gasteiger partial charge is 0.263 e. The summed E-state index contributed by atoms with van der Waals surface area (Å²) >= 11 is 6.04. The Hall–Kier alpha value is -1.85. The van der Waals surface area contributed by atoms with Crippen molar-refractivity contribution in [1.29, 1.82) is 0 Å². The van der Waals surface area contributed by atoms with Gasteiger partial charge in [-0.3, -0.25) is 4.79 Å². The quantitative estimate of drug-likeness (QED) is 0.639. The van der Waals surface area contributed by atoms with Crippen LogP contribution in [0.25, 0.3) is 11.3 Å². The van der Waals surface area contributed by atoms with Gasteiger partial charge in [0.1, 0.15) is 10.1 Å². The van der Waals surface area contributed by atoms with Gasteiger partial charge in [0.15, 0.2) is 0 Å². The highest BCUT2D eigenvalue weighted by molar-refractivity contribution is 8.26. The van der Waals surface area contributed by atoms with Gasteiger partial charge in [0, 0.05) is 5.56 Å². The summed E-state index contributed by atoms with van der Waals surface area (Å²) in [6.45, 7) is 1.82. The number of hydrogen-bond acceptors (Lipinski definition) is 4. The summed E-state index contributed by atoms with van der Waals surface area (Å²) in [4.78, 5) is 11.4. The zero-order chi connectivity index (χ0) is 14.4. The van der Waals surface area contributed by atoms with Crippen molar-refractivity contribution in [2.75, 3.05) is 0 Å². The van der Waals surface area contributed by atoms with Gasteiger partial charge in [0.05, 0.1) is 11.2 Å². The Bertz CT molecular complexity index is 619. The van der Waals surface area contributed by atoms with Crippen LogP contribution in [0.2, 0.25) is 0 Å². The molecule has 1 fully saturated rings. The zero-order valence-corrected chi connectivity index (χ0v) is 12.5. The Morgan fingerprint density at radius 1 is 1.20 bits per heavy atom. The number of carbonyl (C=O) groups excluding carboxylic acids is 1. The van der Waals surface area contributed by atoms with Gasteiger partial charge in [0.2, 0.25) is 0 Å². The van der Waals surface area contributed by atoms with Gasteiger partial charge in [0.25, 0.3) is 5.91 Å². The average molecular weight is 303 g/mol. The van der Waals surface area contributed by atoms with Crippen molar-refractivity contribution in [1.82, 2.24) is 5.32 Å². The van der Waals surface area contributed by atoms with E-state index in [-0.39, 0.29) is 5.91 Å². The molecule has 1 aromatic carbocycles. The molecule has 0 radical (unpaired) electrons. The van der Waals surface area contributed by atoms with E-state index in [0.717, 1.165) is 11.3 Å². The number of furan rings is 1. The normalized spacial score (nSPS) is 15.8. The lowest BCUT2D eigenvalue weighted by atomic mass is 10.2. The third kappa shape index (κ3) is 3.82. The van der Waals surface area contributed by atoms with Crippen molar-refractivity contribution in [3.05, 3.63) is 59.7 Å². The van der Waals surface area contributed by atoms with Crippen LogP contribution in [-0.4, -0.2) is 10.2 Å². The summed E-state index contributed by atoms with van der Waals surface area (Å²) in [6, 6.07) is 13.9. The van der Waals surface area contributed by atoms with Gasteiger partial charge >= 0.3 is 0 Å². The monoisotopic (exact) mass is 303 g/mol. The predicted octanol–water partition coefficient (Wildman–Crippen LogP) is 3.98. The summed E-state index contributed by atoms with van der Waals surface area (Å²) in [5, 5.41) is 2.50. The van der Waals surface area contributed by atoms with Crippen LogP contribution in [-0.2, 0) is 4.79 Å². The van der Waals surface area contributed by atoms with E-state index in [2.05, 4.69) is 5.32 Å². The van der Waals surface area contributed by atoms with Crippen molar-refractivity contribution < 1.29 is 9.21 Å². The topological polar surface area (TPSA) is 42.2 Å². The number of hydrogen-bond donors (Lipinski definition) is 1. The van der Waals surface area contributed by atoms with Crippen molar-refractivity contribution in [3.63, 3.8) is 0 Å². The van der Waals surface area contributed by atoms with Crippen LogP contribution >= 0.6 is 24.0 Å². The van der Waals surface area contributed by atoms with Crippen molar-refractivity contribution in [3.8, 4) is 11.3 Å². The van der Waals surface area contributed by atoms with Crippen LogP contribution in [0.15, 0.2) is 64.1 Å². The molecule has 0 spiro atoms. The fourth-order valence-corrected chi connectivity index (χ4v) is 2.53. The highest BCUT2D eigenvalue weighted by Gasteiger charge is 2.20. The molecule has 3 nitrogen and oxygen atoms in total. The molecule has 2 aromatic rings. The van der Waals surface area contributed by atoms with Crippen LogP contribution in [0.4, 0.5) is 0 Å². The van der Waals surface area contributed by atoms with E-state index in [4.69, 9.17) is 16.6 Å². The molecule has 0 atom stereocenters. The summed E-state index contributed by atoms with van der Waals surface area (Å²) in [6.07, 6.45) is 3.43. The fraction of sp³-hybridized carbons (Fsp3) is 0.0667. The Labute approximate surface area is 127 Å². The molecule has 1 saturated heterocycles. The van der Waals surface area contributed by atoms with Crippen molar-refractivity contribution in [2.24, 2.45) is 0 Å². The Morgan fingerprint density at radius 2 is 1.95 bits per heavy atom. The maximum Gasteiger partial charge on any atom is 0.263 e. The second-order valence-electron chi connectivity index (χ2n) is 3.84. The summed E-state index contributed by atoms with van der Waals surface area (Å²) in [7, 11) is 0. The summed E-state index contributed by atoms with van der Waals surface area (Å²) in [5.74, 6) is 0.845. The van der Waals surface area contributed by atoms with Gasteiger partial charge in [-0.1, -0.05) is 60.4 Å². The highest BCUT2D eigenvalue weighted by atomic mass is 32.2. The summed E-state index contributed by atoms with van der Waals surface area (Å²) in [5.41, 5.74) is 1.12. The SMILES string of the molecule is C/C=C1\SC(=S)NC1=O.c1ccc(-c2ccco2)cc1. The minimum absolute atomic E-state index is 0.0764. The molecule has 0 bridgehead atoms. The Balaban J connectivity index is 0.000000151. The second kappa shape index (κ2) is 7.07. The lowest BCUT2D eigenvalue weighted by Crippen LogP contribution is -2.17. The fourth-order valence-electron chi connectivity index (χ4n) is 1.56. The van der Waals surface area contributed by atoms with E-state index >= 15 is 0 Å². The first-order chi connectivity index (χ1) is 9.70. The van der Waals surface area contributed by atoms with Gasteiger partial charge < -0.3 is 9.73 Å². The number of carbonyl (C=O) groups is 1. The molecule has 1 amide bonds. The molecule has 102 valence electrons. The molecule has 0 unspecified atom stereocenters. The molecule has 1 N–H and O–H groups in total. The van der Waals surface area contributed by atoms with E-state index in [0.29, 0.717) is 9.23 Å². The molecule has 3 rings (SSSR count). The van der Waals surface area contributed by atoms with Crippen molar-refractivity contribution in [2.45, 2.75) is 6.92 Å². The lowest BCUT2D eigenvalue weighted by Gasteiger charge is -1.92. The zero-order valence-electron chi connectivity index (χ0n) is 10.8. The van der Waals surface area contributed by atoms with Crippen molar-refractivity contribution >= 4 is 34.2 Å². The molecule has 20 heavy (non-hydrogen) atoms. The van der Waals surface area contributed by atoms with Crippen LogP contribution < -0.4 is 5.32 Å². The molecule has 0 aliphatic carbocycles.